The van der Waals surface area contributed by atoms with Crippen molar-refractivity contribution < 1.29 is 17.9 Å². The van der Waals surface area contributed by atoms with Crippen LogP contribution in [0.15, 0.2) is 0 Å². The van der Waals surface area contributed by atoms with E-state index < -0.39 is 9.84 Å². The number of hydrogen-bond donors (Lipinski definition) is 0. The van der Waals surface area contributed by atoms with Gasteiger partial charge in [-0.05, 0) is 61.7 Å². The molecule has 0 spiro atoms. The van der Waals surface area contributed by atoms with Gasteiger partial charge in [-0.1, -0.05) is 13.8 Å². The Bertz CT molecular complexity index is 615. The molecule has 26 heavy (non-hydrogen) atoms. The van der Waals surface area contributed by atoms with E-state index in [1.165, 1.54) is 32.1 Å². The highest BCUT2D eigenvalue weighted by Crippen LogP contribution is 2.61. The van der Waals surface area contributed by atoms with Gasteiger partial charge in [-0.2, -0.15) is 0 Å². The Labute approximate surface area is 157 Å². The maximum atomic E-state index is 12.7. The number of esters is 1. The molecule has 5 rings (SSSR count). The molecule has 0 unspecified atom stereocenters. The molecule has 1 saturated heterocycles. The van der Waals surface area contributed by atoms with Gasteiger partial charge in [0, 0.05) is 19.6 Å². The van der Waals surface area contributed by atoms with E-state index in [4.69, 9.17) is 4.74 Å². The van der Waals surface area contributed by atoms with E-state index in [1.54, 1.807) is 0 Å². The minimum atomic E-state index is -2.87. The topological polar surface area (TPSA) is 63.7 Å². The molecular formula is C20H33NO4S. The first-order valence-corrected chi connectivity index (χ1v) is 12.2. The second-order valence-corrected chi connectivity index (χ2v) is 11.8. The Balaban J connectivity index is 1.38. The average molecular weight is 384 g/mol. The number of rotatable bonds is 5. The molecule has 0 aromatic carbocycles. The summed E-state index contributed by atoms with van der Waals surface area (Å²) in [6.45, 7) is 6.15. The normalized spacial score (nSPS) is 41.5. The van der Waals surface area contributed by atoms with E-state index in [2.05, 4.69) is 18.7 Å². The fourth-order valence-electron chi connectivity index (χ4n) is 6.62. The van der Waals surface area contributed by atoms with Crippen LogP contribution in [0.25, 0.3) is 0 Å². The van der Waals surface area contributed by atoms with Gasteiger partial charge in [-0.15, -0.1) is 0 Å². The van der Waals surface area contributed by atoms with E-state index >= 15 is 0 Å². The molecule has 0 atom stereocenters. The van der Waals surface area contributed by atoms with Crippen LogP contribution < -0.4 is 0 Å². The number of ether oxygens (including phenoxy) is 1. The van der Waals surface area contributed by atoms with Crippen LogP contribution in [0.5, 0.6) is 0 Å². The minimum Gasteiger partial charge on any atom is -0.458 e. The summed E-state index contributed by atoms with van der Waals surface area (Å²) in [5, 5.41) is 0. The highest BCUT2D eigenvalue weighted by molar-refractivity contribution is 7.91. The lowest BCUT2D eigenvalue weighted by Gasteiger charge is -2.61. The third-order valence-corrected chi connectivity index (χ3v) is 9.29. The Kier molecular flexibility index (Phi) is 4.87. The molecule has 148 valence electrons. The fourth-order valence-corrected chi connectivity index (χ4v) is 7.90. The van der Waals surface area contributed by atoms with Gasteiger partial charge in [-0.3, -0.25) is 4.79 Å². The molecule has 0 N–H and O–H groups in total. The summed E-state index contributed by atoms with van der Waals surface area (Å²) in [7, 11) is -2.87. The fraction of sp³-hybridized carbons (Fsp3) is 0.950. The number of sulfone groups is 1. The third-order valence-electron chi connectivity index (χ3n) is 7.68. The zero-order valence-corrected chi connectivity index (χ0v) is 17.0. The van der Waals surface area contributed by atoms with Crippen molar-refractivity contribution in [2.75, 3.05) is 31.1 Å². The predicted octanol–water partition coefficient (Wildman–Crippen LogP) is 2.50. The summed E-state index contributed by atoms with van der Waals surface area (Å²) < 4.78 is 29.4. The van der Waals surface area contributed by atoms with Crippen molar-refractivity contribution in [3.05, 3.63) is 0 Å². The molecule has 0 aromatic rings. The quantitative estimate of drug-likeness (QED) is 0.683. The van der Waals surface area contributed by atoms with Gasteiger partial charge in [0.15, 0.2) is 9.84 Å². The summed E-state index contributed by atoms with van der Waals surface area (Å²) in [5.41, 5.74) is -0.254. The van der Waals surface area contributed by atoms with Crippen molar-refractivity contribution in [3.8, 4) is 0 Å². The zero-order chi connectivity index (χ0) is 18.5. The van der Waals surface area contributed by atoms with Crippen LogP contribution in [0.2, 0.25) is 0 Å². The Morgan fingerprint density at radius 1 is 1.04 bits per heavy atom. The third kappa shape index (κ3) is 3.32. The second-order valence-electron chi connectivity index (χ2n) is 9.53. The molecule has 4 aliphatic carbocycles. The van der Waals surface area contributed by atoms with Gasteiger partial charge < -0.3 is 9.64 Å². The molecule has 5 aliphatic rings. The molecule has 4 saturated carbocycles. The lowest BCUT2D eigenvalue weighted by atomic mass is 9.47. The van der Waals surface area contributed by atoms with Gasteiger partial charge in [0.1, 0.15) is 5.60 Å². The first-order valence-electron chi connectivity index (χ1n) is 10.4. The summed E-state index contributed by atoms with van der Waals surface area (Å²) in [5.74, 6) is 3.51. The maximum Gasteiger partial charge on any atom is 0.307 e. The predicted molar refractivity (Wildman–Crippen MR) is 100 cm³/mol. The first-order chi connectivity index (χ1) is 12.3. The number of carbonyl (C=O) groups excluding carboxylic acids is 1. The molecule has 1 aliphatic heterocycles. The SMILES string of the molecule is CC(C)C1(OC(=O)CCN2CCS(=O)(=O)CC2)C2CC3CC(C2)CC1C3. The Morgan fingerprint density at radius 2 is 1.58 bits per heavy atom. The monoisotopic (exact) mass is 383 g/mol. The molecule has 5 fully saturated rings. The number of carbonyl (C=O) groups is 1. The largest absolute Gasteiger partial charge is 0.458 e. The Morgan fingerprint density at radius 3 is 2.08 bits per heavy atom. The van der Waals surface area contributed by atoms with Crippen LogP contribution in [0.1, 0.15) is 52.4 Å². The lowest BCUT2D eigenvalue weighted by molar-refractivity contribution is -0.225. The molecule has 0 aromatic heterocycles. The summed E-state index contributed by atoms with van der Waals surface area (Å²) in [6, 6.07) is 0. The van der Waals surface area contributed by atoms with Gasteiger partial charge in [0.2, 0.25) is 0 Å². The average Bonchev–Trinajstić information content (AvgIpc) is 2.56. The van der Waals surface area contributed by atoms with Crippen molar-refractivity contribution in [1.29, 1.82) is 0 Å². The maximum absolute atomic E-state index is 12.7. The van der Waals surface area contributed by atoms with E-state index in [0.29, 0.717) is 43.8 Å². The molecule has 0 radical (unpaired) electrons. The van der Waals surface area contributed by atoms with Crippen molar-refractivity contribution in [2.24, 2.45) is 29.6 Å². The highest BCUT2D eigenvalue weighted by atomic mass is 32.2. The number of hydrogen-bond acceptors (Lipinski definition) is 5. The smallest absolute Gasteiger partial charge is 0.307 e. The van der Waals surface area contributed by atoms with Crippen LogP contribution in [0.4, 0.5) is 0 Å². The van der Waals surface area contributed by atoms with E-state index in [1.807, 2.05) is 0 Å². The van der Waals surface area contributed by atoms with Crippen molar-refractivity contribution in [1.82, 2.24) is 4.90 Å². The van der Waals surface area contributed by atoms with E-state index in [0.717, 1.165) is 11.8 Å². The zero-order valence-electron chi connectivity index (χ0n) is 16.2. The molecule has 0 amide bonds. The van der Waals surface area contributed by atoms with Gasteiger partial charge in [0.05, 0.1) is 17.9 Å². The molecule has 6 heteroatoms. The summed E-state index contributed by atoms with van der Waals surface area (Å²) >= 11 is 0. The lowest BCUT2D eigenvalue weighted by Crippen LogP contribution is -2.62. The van der Waals surface area contributed by atoms with Crippen LogP contribution in [0.3, 0.4) is 0 Å². The van der Waals surface area contributed by atoms with Crippen molar-refractivity contribution in [2.45, 2.75) is 58.0 Å². The summed E-state index contributed by atoms with van der Waals surface area (Å²) in [6.07, 6.45) is 6.73. The minimum absolute atomic E-state index is 0.0837. The molecule has 4 bridgehead atoms. The van der Waals surface area contributed by atoms with E-state index in [-0.39, 0.29) is 23.1 Å². The van der Waals surface area contributed by atoms with Crippen LogP contribution in [-0.4, -0.2) is 56.0 Å². The second kappa shape index (κ2) is 6.77. The van der Waals surface area contributed by atoms with Crippen LogP contribution >= 0.6 is 0 Å². The van der Waals surface area contributed by atoms with Crippen LogP contribution in [0, 0.1) is 29.6 Å². The van der Waals surface area contributed by atoms with Gasteiger partial charge in [-0.25, -0.2) is 8.42 Å². The molecule has 5 nitrogen and oxygen atoms in total. The Hall–Kier alpha value is -0.620. The van der Waals surface area contributed by atoms with Gasteiger partial charge in [0.25, 0.3) is 0 Å². The van der Waals surface area contributed by atoms with Crippen molar-refractivity contribution in [3.63, 3.8) is 0 Å². The summed E-state index contributed by atoms with van der Waals surface area (Å²) in [4.78, 5) is 14.8. The van der Waals surface area contributed by atoms with Crippen LogP contribution in [-0.2, 0) is 19.4 Å². The van der Waals surface area contributed by atoms with Gasteiger partial charge >= 0.3 is 5.97 Å². The highest BCUT2D eigenvalue weighted by Gasteiger charge is 2.60. The molecule has 1 heterocycles. The first kappa shape index (κ1) is 18.7. The number of nitrogens with zero attached hydrogens (tertiary/aromatic N) is 1. The molecular weight excluding hydrogens is 350 g/mol. The van der Waals surface area contributed by atoms with E-state index in [9.17, 15) is 13.2 Å². The standard InChI is InChI=1S/C20H33NO4S/c1-14(2)20(17-10-15-9-16(12-17)13-18(20)11-15)25-19(22)3-4-21-5-7-26(23,24)8-6-21/h14-18H,3-13H2,1-2H3. The van der Waals surface area contributed by atoms with Crippen molar-refractivity contribution >= 4 is 15.8 Å².